The van der Waals surface area contributed by atoms with Crippen LogP contribution in [0.2, 0.25) is 5.02 Å². The Labute approximate surface area is 158 Å². The average Bonchev–Trinajstić information content (AvgIpc) is 3.10. The van der Waals surface area contributed by atoms with Gasteiger partial charge in [0.25, 0.3) is 5.91 Å². The normalized spacial score (nSPS) is 19.5. The van der Waals surface area contributed by atoms with E-state index in [1.54, 1.807) is 22.9 Å². The van der Waals surface area contributed by atoms with Gasteiger partial charge in [0.1, 0.15) is 0 Å². The van der Waals surface area contributed by atoms with E-state index in [2.05, 4.69) is 10.4 Å². The number of hydrogen-bond acceptors (Lipinski definition) is 4. The number of hydrogen-bond donors (Lipinski definition) is 1. The van der Waals surface area contributed by atoms with Crippen molar-refractivity contribution in [3.8, 4) is 11.3 Å². The molecular weight excluding hydrogens is 374 g/mol. The number of nitrogens with zero attached hydrogens (tertiary/aromatic N) is 2. The fourth-order valence-electron chi connectivity index (χ4n) is 2.99. The van der Waals surface area contributed by atoms with Crippen molar-refractivity contribution in [1.82, 2.24) is 15.1 Å². The number of halogens is 1. The average molecular weight is 396 g/mol. The molecule has 1 atom stereocenters. The fraction of sp³-hybridized carbons (Fsp3) is 0.444. The molecule has 2 heterocycles. The molecule has 0 bridgehead atoms. The van der Waals surface area contributed by atoms with Gasteiger partial charge in [-0.05, 0) is 51.0 Å². The van der Waals surface area contributed by atoms with Crippen LogP contribution in [-0.2, 0) is 9.84 Å². The van der Waals surface area contributed by atoms with Gasteiger partial charge in [-0.25, -0.2) is 8.42 Å². The van der Waals surface area contributed by atoms with Gasteiger partial charge in [-0.2, -0.15) is 5.10 Å². The van der Waals surface area contributed by atoms with Crippen molar-refractivity contribution >= 4 is 27.3 Å². The molecule has 1 aromatic heterocycles. The summed E-state index contributed by atoms with van der Waals surface area (Å²) in [7, 11) is -3.07. The summed E-state index contributed by atoms with van der Waals surface area (Å²) in [6, 6.07) is 8.62. The smallest absolute Gasteiger partial charge is 0.272 e. The topological polar surface area (TPSA) is 81.1 Å². The van der Waals surface area contributed by atoms with Crippen molar-refractivity contribution in [2.75, 3.05) is 11.5 Å². The molecule has 3 rings (SSSR count). The van der Waals surface area contributed by atoms with E-state index >= 15 is 0 Å². The SMILES string of the molecule is CC(C)(C)NC(=O)c1cc(-c2ccc(Cl)cc2)n(C2CCS(=O)(=O)C2)n1. The molecule has 1 unspecified atom stereocenters. The van der Waals surface area contributed by atoms with Crippen molar-refractivity contribution in [1.29, 1.82) is 0 Å². The monoisotopic (exact) mass is 395 g/mol. The van der Waals surface area contributed by atoms with Crippen molar-refractivity contribution in [3.63, 3.8) is 0 Å². The molecular formula is C18H22ClN3O3S. The Hall–Kier alpha value is -1.86. The Kier molecular flexibility index (Phi) is 4.88. The first-order valence-corrected chi connectivity index (χ1v) is 10.6. The second-order valence-electron chi connectivity index (χ2n) is 7.63. The molecule has 0 aliphatic carbocycles. The quantitative estimate of drug-likeness (QED) is 0.865. The van der Waals surface area contributed by atoms with Crippen LogP contribution in [0.1, 0.15) is 43.7 Å². The van der Waals surface area contributed by atoms with Gasteiger partial charge in [-0.15, -0.1) is 0 Å². The maximum absolute atomic E-state index is 12.5. The van der Waals surface area contributed by atoms with Gasteiger partial charge in [0.05, 0.1) is 23.2 Å². The number of carbonyl (C=O) groups is 1. The van der Waals surface area contributed by atoms with Crippen LogP contribution >= 0.6 is 11.6 Å². The highest BCUT2D eigenvalue weighted by Gasteiger charge is 2.32. The third-order valence-electron chi connectivity index (χ3n) is 4.15. The summed E-state index contributed by atoms with van der Waals surface area (Å²) in [4.78, 5) is 12.5. The lowest BCUT2D eigenvalue weighted by atomic mass is 10.1. The summed E-state index contributed by atoms with van der Waals surface area (Å²) in [6.45, 7) is 5.68. The standard InChI is InChI=1S/C18H22ClN3O3S/c1-18(2,3)20-17(23)15-10-16(12-4-6-13(19)7-5-12)22(21-15)14-8-9-26(24,25)11-14/h4-7,10,14H,8-9,11H2,1-3H3,(H,20,23). The van der Waals surface area contributed by atoms with Gasteiger partial charge in [-0.1, -0.05) is 23.7 Å². The lowest BCUT2D eigenvalue weighted by molar-refractivity contribution is 0.0913. The first-order valence-electron chi connectivity index (χ1n) is 8.42. The van der Waals surface area contributed by atoms with E-state index in [0.717, 1.165) is 5.56 Å². The number of aromatic nitrogens is 2. The van der Waals surface area contributed by atoms with E-state index in [4.69, 9.17) is 11.6 Å². The van der Waals surface area contributed by atoms with E-state index < -0.39 is 15.4 Å². The summed E-state index contributed by atoms with van der Waals surface area (Å²) in [5, 5.41) is 7.94. The van der Waals surface area contributed by atoms with Crippen molar-refractivity contribution in [2.24, 2.45) is 0 Å². The zero-order valence-electron chi connectivity index (χ0n) is 15.0. The number of rotatable bonds is 3. The number of amides is 1. The van der Waals surface area contributed by atoms with Gasteiger partial charge in [0, 0.05) is 10.6 Å². The van der Waals surface area contributed by atoms with E-state index in [-0.39, 0.29) is 29.1 Å². The summed E-state index contributed by atoms with van der Waals surface area (Å²) >= 11 is 5.97. The van der Waals surface area contributed by atoms with Crippen LogP contribution in [0, 0.1) is 0 Å². The zero-order valence-corrected chi connectivity index (χ0v) is 16.6. The lowest BCUT2D eigenvalue weighted by Crippen LogP contribution is -2.40. The highest BCUT2D eigenvalue weighted by Crippen LogP contribution is 2.30. The molecule has 1 saturated heterocycles. The Balaban J connectivity index is 2.03. The van der Waals surface area contributed by atoms with E-state index in [9.17, 15) is 13.2 Å². The van der Waals surface area contributed by atoms with Gasteiger partial charge >= 0.3 is 0 Å². The third-order valence-corrected chi connectivity index (χ3v) is 6.15. The van der Waals surface area contributed by atoms with Crippen LogP contribution in [0.4, 0.5) is 0 Å². The Bertz CT molecular complexity index is 928. The molecule has 0 saturated carbocycles. The predicted molar refractivity (Wildman–Crippen MR) is 102 cm³/mol. The molecule has 26 heavy (non-hydrogen) atoms. The summed E-state index contributed by atoms with van der Waals surface area (Å²) in [6.07, 6.45) is 0.491. The predicted octanol–water partition coefficient (Wildman–Crippen LogP) is 3.09. The minimum atomic E-state index is -3.07. The summed E-state index contributed by atoms with van der Waals surface area (Å²) < 4.78 is 25.5. The van der Waals surface area contributed by atoms with Crippen LogP contribution in [0.5, 0.6) is 0 Å². The largest absolute Gasteiger partial charge is 0.346 e. The number of sulfone groups is 1. The molecule has 140 valence electrons. The van der Waals surface area contributed by atoms with Gasteiger partial charge in [0.2, 0.25) is 0 Å². The van der Waals surface area contributed by atoms with Gasteiger partial charge in [-0.3, -0.25) is 9.48 Å². The molecule has 2 aromatic rings. The summed E-state index contributed by atoms with van der Waals surface area (Å²) in [5.74, 6) is -0.108. The lowest BCUT2D eigenvalue weighted by Gasteiger charge is -2.19. The highest BCUT2D eigenvalue weighted by atomic mass is 35.5. The fourth-order valence-corrected chi connectivity index (χ4v) is 4.81. The number of nitrogens with one attached hydrogen (secondary N) is 1. The number of benzene rings is 1. The molecule has 1 amide bonds. The van der Waals surface area contributed by atoms with Gasteiger partial charge in [0.15, 0.2) is 15.5 Å². The molecule has 1 N–H and O–H groups in total. The molecule has 1 aliphatic heterocycles. The van der Waals surface area contributed by atoms with Crippen molar-refractivity contribution in [3.05, 3.63) is 41.0 Å². The van der Waals surface area contributed by atoms with E-state index in [0.29, 0.717) is 17.1 Å². The Morgan fingerprint density at radius 2 is 1.92 bits per heavy atom. The first-order chi connectivity index (χ1) is 12.0. The Morgan fingerprint density at radius 1 is 1.27 bits per heavy atom. The molecule has 8 heteroatoms. The van der Waals surface area contributed by atoms with Crippen LogP contribution < -0.4 is 5.32 Å². The Morgan fingerprint density at radius 3 is 2.46 bits per heavy atom. The third kappa shape index (κ3) is 4.27. The van der Waals surface area contributed by atoms with E-state index in [1.807, 2.05) is 32.9 Å². The van der Waals surface area contributed by atoms with Gasteiger partial charge < -0.3 is 5.32 Å². The maximum atomic E-state index is 12.5. The highest BCUT2D eigenvalue weighted by molar-refractivity contribution is 7.91. The number of carbonyl (C=O) groups excluding carboxylic acids is 1. The van der Waals surface area contributed by atoms with E-state index in [1.165, 1.54) is 0 Å². The minimum Gasteiger partial charge on any atom is -0.346 e. The summed E-state index contributed by atoms with van der Waals surface area (Å²) in [5.41, 5.74) is 1.43. The molecule has 1 aromatic carbocycles. The van der Waals surface area contributed by atoms with Crippen LogP contribution in [0.3, 0.4) is 0 Å². The van der Waals surface area contributed by atoms with Crippen LogP contribution in [-0.4, -0.2) is 41.2 Å². The molecule has 1 fully saturated rings. The van der Waals surface area contributed by atoms with Crippen molar-refractivity contribution in [2.45, 2.75) is 38.8 Å². The second kappa shape index (κ2) is 6.70. The second-order valence-corrected chi connectivity index (χ2v) is 10.3. The van der Waals surface area contributed by atoms with Crippen LogP contribution in [0.25, 0.3) is 11.3 Å². The molecule has 6 nitrogen and oxygen atoms in total. The zero-order chi connectivity index (χ0) is 19.1. The van der Waals surface area contributed by atoms with Crippen LogP contribution in [0.15, 0.2) is 30.3 Å². The maximum Gasteiger partial charge on any atom is 0.272 e. The van der Waals surface area contributed by atoms with Crippen molar-refractivity contribution < 1.29 is 13.2 Å². The first kappa shape index (κ1) is 18.9. The minimum absolute atomic E-state index is 0.0373. The molecule has 1 aliphatic rings. The molecule has 0 spiro atoms. The molecule has 0 radical (unpaired) electrons.